The number of nitrogens with two attached hydrogens (primary N) is 2. The Kier molecular flexibility index (Phi) is 3.55. The first-order chi connectivity index (χ1) is 7.02. The molecule has 0 spiro atoms. The first-order valence-corrected chi connectivity index (χ1v) is 4.85. The van der Waals surface area contributed by atoms with E-state index in [-0.39, 0.29) is 11.8 Å². The van der Waals surface area contributed by atoms with E-state index in [0.717, 1.165) is 16.9 Å². The van der Waals surface area contributed by atoms with Crippen molar-refractivity contribution in [3.05, 3.63) is 22.8 Å². The summed E-state index contributed by atoms with van der Waals surface area (Å²) in [5, 5.41) is 9.91. The number of phenols is 1. The molecular weight excluding hydrogens is 192 g/mol. The summed E-state index contributed by atoms with van der Waals surface area (Å²) < 4.78 is 5.21. The molecule has 0 aliphatic rings. The molecule has 0 aromatic heterocycles. The minimum absolute atomic E-state index is 0.214. The van der Waals surface area contributed by atoms with Gasteiger partial charge in [0, 0.05) is 18.2 Å². The minimum Gasteiger partial charge on any atom is -0.507 e. The fourth-order valence-electron chi connectivity index (χ4n) is 1.52. The summed E-state index contributed by atoms with van der Waals surface area (Å²) in [6.45, 7) is 4.02. The van der Waals surface area contributed by atoms with Crippen molar-refractivity contribution in [2.75, 3.05) is 13.7 Å². The first-order valence-electron chi connectivity index (χ1n) is 4.85. The van der Waals surface area contributed by atoms with Crippen molar-refractivity contribution in [3.63, 3.8) is 0 Å². The Morgan fingerprint density at radius 1 is 1.40 bits per heavy atom. The van der Waals surface area contributed by atoms with E-state index < -0.39 is 0 Å². The number of hydrogen-bond acceptors (Lipinski definition) is 4. The molecule has 0 saturated carbocycles. The first kappa shape index (κ1) is 11.8. The highest BCUT2D eigenvalue weighted by molar-refractivity contribution is 5.52. The van der Waals surface area contributed by atoms with Gasteiger partial charge in [-0.15, -0.1) is 0 Å². The van der Waals surface area contributed by atoms with Crippen LogP contribution in [-0.4, -0.2) is 18.8 Å². The summed E-state index contributed by atoms with van der Waals surface area (Å²) in [6, 6.07) is 1.38. The van der Waals surface area contributed by atoms with Crippen molar-refractivity contribution >= 4 is 0 Å². The molecule has 0 saturated heterocycles. The van der Waals surface area contributed by atoms with Crippen LogP contribution in [0, 0.1) is 13.8 Å². The summed E-state index contributed by atoms with van der Waals surface area (Å²) in [6.07, 6.45) is 0. The number of methoxy groups -OCH3 is 1. The van der Waals surface area contributed by atoms with Crippen molar-refractivity contribution < 1.29 is 9.84 Å². The second-order valence-electron chi connectivity index (χ2n) is 3.61. The van der Waals surface area contributed by atoms with Crippen LogP contribution in [0.2, 0.25) is 0 Å². The van der Waals surface area contributed by atoms with Crippen molar-refractivity contribution in [2.24, 2.45) is 11.5 Å². The van der Waals surface area contributed by atoms with Crippen LogP contribution in [-0.2, 0) is 0 Å². The molecule has 1 rings (SSSR count). The Labute approximate surface area is 89.8 Å². The molecule has 0 bridgehead atoms. The monoisotopic (exact) mass is 210 g/mol. The fraction of sp³-hybridized carbons (Fsp3) is 0.455. The second-order valence-corrected chi connectivity index (χ2v) is 3.61. The maximum absolute atomic E-state index is 9.91. The van der Waals surface area contributed by atoms with E-state index in [1.165, 1.54) is 0 Å². The molecule has 0 amide bonds. The topological polar surface area (TPSA) is 81.5 Å². The zero-order chi connectivity index (χ0) is 11.6. The van der Waals surface area contributed by atoms with Gasteiger partial charge in [0.1, 0.15) is 11.5 Å². The van der Waals surface area contributed by atoms with Crippen LogP contribution in [0.1, 0.15) is 22.7 Å². The third kappa shape index (κ3) is 2.06. The number of benzene rings is 1. The van der Waals surface area contributed by atoms with Gasteiger partial charge in [-0.1, -0.05) is 0 Å². The molecule has 0 aliphatic carbocycles. The summed E-state index contributed by atoms with van der Waals surface area (Å²) in [7, 11) is 1.59. The lowest BCUT2D eigenvalue weighted by Gasteiger charge is -2.17. The maximum atomic E-state index is 9.91. The molecular formula is C11H18N2O2. The van der Waals surface area contributed by atoms with Gasteiger partial charge in [0.25, 0.3) is 0 Å². The van der Waals surface area contributed by atoms with Gasteiger partial charge in [-0.25, -0.2) is 0 Å². The van der Waals surface area contributed by atoms with E-state index in [1.807, 2.05) is 13.8 Å². The van der Waals surface area contributed by atoms with Crippen molar-refractivity contribution in [2.45, 2.75) is 19.9 Å². The lowest BCUT2D eigenvalue weighted by molar-refractivity contribution is 0.404. The van der Waals surface area contributed by atoms with Crippen LogP contribution in [0.5, 0.6) is 11.5 Å². The maximum Gasteiger partial charge on any atom is 0.123 e. The summed E-state index contributed by atoms with van der Waals surface area (Å²) >= 11 is 0. The van der Waals surface area contributed by atoms with E-state index >= 15 is 0 Å². The second kappa shape index (κ2) is 4.51. The molecule has 5 N–H and O–H groups in total. The van der Waals surface area contributed by atoms with E-state index in [0.29, 0.717) is 12.1 Å². The molecule has 4 nitrogen and oxygen atoms in total. The van der Waals surface area contributed by atoms with Crippen LogP contribution >= 0.6 is 0 Å². The number of ether oxygens (including phenoxy) is 1. The summed E-state index contributed by atoms with van der Waals surface area (Å²) in [4.78, 5) is 0. The van der Waals surface area contributed by atoms with Gasteiger partial charge in [0.2, 0.25) is 0 Å². The Hall–Kier alpha value is -1.26. The average molecular weight is 210 g/mol. The lowest BCUT2D eigenvalue weighted by Crippen LogP contribution is -2.21. The van der Waals surface area contributed by atoms with E-state index in [9.17, 15) is 5.11 Å². The normalized spacial score (nSPS) is 12.6. The van der Waals surface area contributed by atoms with Gasteiger partial charge in [0.15, 0.2) is 0 Å². The van der Waals surface area contributed by atoms with Crippen LogP contribution in [0.15, 0.2) is 6.07 Å². The molecule has 4 heteroatoms. The van der Waals surface area contributed by atoms with Gasteiger partial charge in [-0.3, -0.25) is 0 Å². The highest BCUT2D eigenvalue weighted by atomic mass is 16.5. The van der Waals surface area contributed by atoms with Crippen molar-refractivity contribution in [1.82, 2.24) is 0 Å². The quantitative estimate of drug-likeness (QED) is 0.694. The third-order valence-corrected chi connectivity index (χ3v) is 2.72. The van der Waals surface area contributed by atoms with Gasteiger partial charge in [-0.05, 0) is 31.0 Å². The van der Waals surface area contributed by atoms with Crippen LogP contribution in [0.3, 0.4) is 0 Å². The molecule has 0 radical (unpaired) electrons. The molecule has 1 aromatic rings. The SMILES string of the molecule is COc1cc([C@H](N)CN)c(O)c(C)c1C. The Bertz CT molecular complexity index is 364. The van der Waals surface area contributed by atoms with E-state index in [2.05, 4.69) is 0 Å². The number of rotatable bonds is 3. The largest absolute Gasteiger partial charge is 0.507 e. The fourth-order valence-corrected chi connectivity index (χ4v) is 1.52. The van der Waals surface area contributed by atoms with Gasteiger partial charge in [-0.2, -0.15) is 0 Å². The Morgan fingerprint density at radius 2 is 2.00 bits per heavy atom. The highest BCUT2D eigenvalue weighted by Crippen LogP contribution is 2.34. The smallest absolute Gasteiger partial charge is 0.123 e. The molecule has 0 aliphatic heterocycles. The lowest BCUT2D eigenvalue weighted by atomic mass is 9.98. The molecule has 84 valence electrons. The molecule has 1 aromatic carbocycles. The zero-order valence-corrected chi connectivity index (χ0v) is 9.37. The molecule has 0 fully saturated rings. The van der Waals surface area contributed by atoms with E-state index in [1.54, 1.807) is 13.2 Å². The highest BCUT2D eigenvalue weighted by Gasteiger charge is 2.16. The summed E-state index contributed by atoms with van der Waals surface area (Å²) in [5.41, 5.74) is 13.6. The molecule has 0 heterocycles. The van der Waals surface area contributed by atoms with Crippen LogP contribution in [0.4, 0.5) is 0 Å². The minimum atomic E-state index is -0.363. The Morgan fingerprint density at radius 3 is 2.47 bits per heavy atom. The van der Waals surface area contributed by atoms with Crippen molar-refractivity contribution in [1.29, 1.82) is 0 Å². The zero-order valence-electron chi connectivity index (χ0n) is 9.37. The predicted octanol–water partition coefficient (Wildman–Crippen LogP) is 0.976. The standard InChI is InChI=1S/C11H18N2O2/c1-6-7(2)11(14)8(9(13)5-12)4-10(6)15-3/h4,9,14H,5,12-13H2,1-3H3/t9-/m1/s1. The van der Waals surface area contributed by atoms with Crippen molar-refractivity contribution in [3.8, 4) is 11.5 Å². The van der Waals surface area contributed by atoms with E-state index in [4.69, 9.17) is 16.2 Å². The van der Waals surface area contributed by atoms with Crippen LogP contribution in [0.25, 0.3) is 0 Å². The number of hydrogen-bond donors (Lipinski definition) is 3. The van der Waals surface area contributed by atoms with Crippen LogP contribution < -0.4 is 16.2 Å². The Balaban J connectivity index is 3.35. The summed E-state index contributed by atoms with van der Waals surface area (Å²) in [5.74, 6) is 0.940. The molecule has 0 unspecified atom stereocenters. The molecule has 15 heavy (non-hydrogen) atoms. The molecule has 1 atom stereocenters. The van der Waals surface area contributed by atoms with Gasteiger partial charge < -0.3 is 21.3 Å². The number of aromatic hydroxyl groups is 1. The predicted molar refractivity (Wildman–Crippen MR) is 60.1 cm³/mol. The van der Waals surface area contributed by atoms with Gasteiger partial charge in [0.05, 0.1) is 7.11 Å². The van der Waals surface area contributed by atoms with Gasteiger partial charge >= 0.3 is 0 Å². The average Bonchev–Trinajstić information content (AvgIpc) is 2.25. The third-order valence-electron chi connectivity index (χ3n) is 2.72. The number of phenolic OH excluding ortho intramolecular Hbond substituents is 1.